The van der Waals surface area contributed by atoms with Crippen LogP contribution in [0.4, 0.5) is 17.3 Å². The topological polar surface area (TPSA) is 165 Å². The van der Waals surface area contributed by atoms with E-state index in [0.717, 1.165) is 22.3 Å². The Morgan fingerprint density at radius 2 is 1.84 bits per heavy atom. The Bertz CT molecular complexity index is 752. The lowest BCUT2D eigenvalue weighted by molar-refractivity contribution is 0.859. The fraction of sp³-hybridized carbons (Fsp3) is 0.176. The largest absolute Gasteiger partial charge is 0.395 e. The molecule has 0 amide bonds. The molecular weight excluding hydrogens is 316 g/mol. The van der Waals surface area contributed by atoms with Crippen molar-refractivity contribution in [2.75, 3.05) is 16.9 Å². The molecule has 0 aliphatic rings. The van der Waals surface area contributed by atoms with Gasteiger partial charge >= 0.3 is 0 Å². The summed E-state index contributed by atoms with van der Waals surface area (Å²) < 4.78 is 0. The lowest BCUT2D eigenvalue weighted by atomic mass is 10.1. The number of allylic oxidation sites excluding steroid dienone is 1. The molecule has 0 unspecified atom stereocenters. The molecule has 0 bridgehead atoms. The summed E-state index contributed by atoms with van der Waals surface area (Å²) in [6.45, 7) is 1.17. The number of benzene rings is 1. The highest BCUT2D eigenvalue weighted by Gasteiger charge is 2.09. The lowest BCUT2D eigenvalue weighted by Crippen LogP contribution is -2.14. The van der Waals surface area contributed by atoms with Gasteiger partial charge in [-0.1, -0.05) is 24.3 Å². The van der Waals surface area contributed by atoms with Crippen molar-refractivity contribution in [1.29, 1.82) is 5.41 Å². The second-order valence-corrected chi connectivity index (χ2v) is 5.55. The van der Waals surface area contributed by atoms with E-state index in [1.54, 1.807) is 12.3 Å². The Labute approximate surface area is 146 Å². The molecule has 0 aliphatic carbocycles. The number of nitrogens with one attached hydrogen (secondary N) is 3. The van der Waals surface area contributed by atoms with E-state index in [1.165, 1.54) is 6.21 Å². The average Bonchev–Trinajstić information content (AvgIpc) is 2.63. The zero-order chi connectivity index (χ0) is 18.2. The molecule has 11 N–H and O–H groups in total. The van der Waals surface area contributed by atoms with Crippen LogP contribution in [-0.4, -0.2) is 11.2 Å². The number of anilines is 3. The van der Waals surface area contributed by atoms with Gasteiger partial charge in [-0.25, -0.2) is 10.8 Å². The Morgan fingerprint density at radius 3 is 2.44 bits per heavy atom. The first-order valence-electron chi connectivity index (χ1n) is 7.79. The molecule has 1 aromatic heterocycles. The summed E-state index contributed by atoms with van der Waals surface area (Å²) >= 11 is 0. The molecule has 0 spiro atoms. The number of nitrogens with two attached hydrogens (primary N) is 4. The molecular formula is C17H24N8. The fourth-order valence-corrected chi connectivity index (χ4v) is 2.34. The molecule has 25 heavy (non-hydrogen) atoms. The molecule has 0 radical (unpaired) electrons. The molecule has 1 aromatic carbocycles. The van der Waals surface area contributed by atoms with Crippen LogP contribution in [0.1, 0.15) is 16.7 Å². The molecule has 2 rings (SSSR count). The summed E-state index contributed by atoms with van der Waals surface area (Å²) in [5, 5.41) is 10.8. The minimum absolute atomic E-state index is 0.314. The molecule has 0 atom stereocenters. The number of nitrogen functional groups attached to an aromatic ring is 3. The first-order chi connectivity index (χ1) is 12.1. The monoisotopic (exact) mass is 340 g/mol. The highest BCUT2D eigenvalue weighted by molar-refractivity contribution is 5.78. The van der Waals surface area contributed by atoms with Gasteiger partial charge in [0.1, 0.15) is 5.82 Å². The van der Waals surface area contributed by atoms with Crippen molar-refractivity contribution in [1.82, 2.24) is 10.3 Å². The maximum absolute atomic E-state index is 7.59. The third-order valence-electron chi connectivity index (χ3n) is 3.73. The number of hydrazine groups is 1. The fourth-order valence-electron chi connectivity index (χ4n) is 2.34. The Balaban J connectivity index is 2.05. The molecule has 8 heteroatoms. The zero-order valence-corrected chi connectivity index (χ0v) is 13.9. The van der Waals surface area contributed by atoms with Gasteiger partial charge in [-0.2, -0.15) is 0 Å². The predicted molar refractivity (Wildman–Crippen MR) is 103 cm³/mol. The van der Waals surface area contributed by atoms with Crippen LogP contribution < -0.4 is 33.8 Å². The van der Waals surface area contributed by atoms with Gasteiger partial charge in [-0.3, -0.25) is 0 Å². The summed E-state index contributed by atoms with van der Waals surface area (Å²) in [6.07, 6.45) is 3.50. The van der Waals surface area contributed by atoms with Crippen LogP contribution in [-0.2, 0) is 19.5 Å². The van der Waals surface area contributed by atoms with E-state index < -0.39 is 0 Å². The highest BCUT2D eigenvalue weighted by Crippen LogP contribution is 2.24. The van der Waals surface area contributed by atoms with Crippen molar-refractivity contribution in [2.24, 2.45) is 11.6 Å². The number of hydrogen-bond donors (Lipinski definition) is 7. The molecule has 0 aliphatic heterocycles. The van der Waals surface area contributed by atoms with Crippen molar-refractivity contribution < 1.29 is 0 Å². The first-order valence-corrected chi connectivity index (χ1v) is 7.79. The van der Waals surface area contributed by atoms with Crippen LogP contribution in [0.2, 0.25) is 0 Å². The van der Waals surface area contributed by atoms with Gasteiger partial charge in [-0.15, -0.1) is 0 Å². The zero-order valence-electron chi connectivity index (χ0n) is 13.9. The lowest BCUT2D eigenvalue weighted by Gasteiger charge is -2.11. The smallest absolute Gasteiger partial charge is 0.165 e. The van der Waals surface area contributed by atoms with Crippen LogP contribution >= 0.6 is 0 Å². The van der Waals surface area contributed by atoms with Crippen molar-refractivity contribution in [3.05, 3.63) is 58.8 Å². The van der Waals surface area contributed by atoms with Crippen molar-refractivity contribution in [3.63, 3.8) is 0 Å². The Kier molecular flexibility index (Phi) is 6.33. The summed E-state index contributed by atoms with van der Waals surface area (Å²) in [4.78, 5) is 4.02. The van der Waals surface area contributed by atoms with E-state index in [-0.39, 0.29) is 0 Å². The maximum Gasteiger partial charge on any atom is 0.165 e. The standard InChI is InChI=1S/C17H24N8/c18-7-11-1-3-12(4-2-11)9-23-10-13(8-19)5-14-6-15(20)24-17(25-22)16(14)21/h1-4,6,8,10,19,23H,5,7,9,18,21-22H2,(H3,20,24,25)/b13-10-,19-8?. The van der Waals surface area contributed by atoms with Crippen molar-refractivity contribution in [3.8, 4) is 0 Å². The van der Waals surface area contributed by atoms with Gasteiger partial charge in [0.2, 0.25) is 0 Å². The molecule has 0 saturated heterocycles. The van der Waals surface area contributed by atoms with E-state index in [1.807, 2.05) is 24.3 Å². The van der Waals surface area contributed by atoms with Gasteiger partial charge in [0.25, 0.3) is 0 Å². The molecule has 1 heterocycles. The quantitative estimate of drug-likeness (QED) is 0.212. The van der Waals surface area contributed by atoms with E-state index >= 15 is 0 Å². The van der Waals surface area contributed by atoms with E-state index in [0.29, 0.717) is 36.8 Å². The molecule has 0 saturated carbocycles. The van der Waals surface area contributed by atoms with Crippen LogP contribution in [0.3, 0.4) is 0 Å². The number of hydrogen-bond acceptors (Lipinski definition) is 8. The van der Waals surface area contributed by atoms with Crippen LogP contribution in [0, 0.1) is 5.41 Å². The highest BCUT2D eigenvalue weighted by atomic mass is 15.3. The summed E-state index contributed by atoms with van der Waals surface area (Å²) in [5.74, 6) is 6.03. The molecule has 2 aromatic rings. The van der Waals surface area contributed by atoms with Crippen molar-refractivity contribution >= 4 is 23.5 Å². The van der Waals surface area contributed by atoms with Gasteiger partial charge in [-0.05, 0) is 28.3 Å². The third-order valence-corrected chi connectivity index (χ3v) is 3.73. The molecule has 8 nitrogen and oxygen atoms in total. The Hall–Kier alpha value is -3.10. The second kappa shape index (κ2) is 8.67. The van der Waals surface area contributed by atoms with Gasteiger partial charge in [0.05, 0.1) is 5.69 Å². The summed E-state index contributed by atoms with van der Waals surface area (Å²) in [5.41, 5.74) is 23.9. The van der Waals surface area contributed by atoms with E-state index in [2.05, 4.69) is 15.7 Å². The molecule has 132 valence electrons. The number of nitrogens with zero attached hydrogens (tertiary/aromatic N) is 1. The average molecular weight is 340 g/mol. The number of rotatable bonds is 8. The van der Waals surface area contributed by atoms with Crippen LogP contribution in [0.5, 0.6) is 0 Å². The first kappa shape index (κ1) is 18.2. The van der Waals surface area contributed by atoms with Crippen molar-refractivity contribution in [2.45, 2.75) is 19.5 Å². The summed E-state index contributed by atoms with van der Waals surface area (Å²) in [6, 6.07) is 9.72. The second-order valence-electron chi connectivity index (χ2n) is 5.55. The third kappa shape index (κ3) is 4.93. The summed E-state index contributed by atoms with van der Waals surface area (Å²) in [7, 11) is 0. The van der Waals surface area contributed by atoms with Crippen LogP contribution in [0.15, 0.2) is 42.1 Å². The van der Waals surface area contributed by atoms with Gasteiger partial charge < -0.3 is 33.4 Å². The Morgan fingerprint density at radius 1 is 1.16 bits per heavy atom. The van der Waals surface area contributed by atoms with Gasteiger partial charge in [0.15, 0.2) is 5.82 Å². The van der Waals surface area contributed by atoms with E-state index in [9.17, 15) is 0 Å². The van der Waals surface area contributed by atoms with E-state index in [4.69, 9.17) is 28.5 Å². The number of aromatic nitrogens is 1. The minimum atomic E-state index is 0.314. The molecule has 0 fully saturated rings. The SMILES string of the molecule is N=C/C(=C\NCc1ccc(CN)cc1)Cc1cc(N)nc(NN)c1N. The minimum Gasteiger partial charge on any atom is -0.395 e. The van der Waals surface area contributed by atoms with Crippen LogP contribution in [0.25, 0.3) is 0 Å². The number of pyridine rings is 1. The van der Waals surface area contributed by atoms with Gasteiger partial charge in [0, 0.05) is 31.9 Å². The maximum atomic E-state index is 7.59. The normalized spacial score (nSPS) is 11.2. The predicted octanol–water partition coefficient (Wildman–Crippen LogP) is 0.856.